The molecule has 0 radical (unpaired) electrons. The third kappa shape index (κ3) is 6.93. The number of carbonyl (C=O) groups is 1. The highest BCUT2D eigenvalue weighted by Gasteiger charge is 2.21. The summed E-state index contributed by atoms with van der Waals surface area (Å²) >= 11 is 0. The molecule has 1 aromatic heterocycles. The number of likely N-dealkylation sites (N-methyl/N-ethyl adjacent to an activating group) is 1. The molecule has 2 heterocycles. The van der Waals surface area contributed by atoms with Crippen LogP contribution >= 0.6 is 0 Å². The molecule has 0 saturated carbocycles. The number of alkyl halides is 2. The molecule has 1 N–H and O–H groups in total. The number of benzene rings is 2. The number of anilines is 4. The van der Waals surface area contributed by atoms with Crippen LogP contribution in [0.5, 0.6) is 23.0 Å². The summed E-state index contributed by atoms with van der Waals surface area (Å²) in [6.45, 7) is 0.0368. The normalized spacial score (nSPS) is 13.7. The van der Waals surface area contributed by atoms with Crippen molar-refractivity contribution in [2.24, 2.45) is 0 Å². The third-order valence-electron chi connectivity index (χ3n) is 6.10. The number of nitrogens with one attached hydrogen (secondary N) is 1. The minimum Gasteiger partial charge on any atom is -0.497 e. The molecule has 208 valence electrons. The Hall–Kier alpha value is -4.39. The Morgan fingerprint density at radius 3 is 2.46 bits per heavy atom. The number of rotatable bonds is 9. The number of ether oxygens (including phenoxy) is 4. The molecular formula is C26H30F2N6O5. The summed E-state index contributed by atoms with van der Waals surface area (Å²) < 4.78 is 47.1. The van der Waals surface area contributed by atoms with Crippen LogP contribution in [-0.4, -0.2) is 82.1 Å². The van der Waals surface area contributed by atoms with Crippen LogP contribution in [0.4, 0.5) is 36.7 Å². The van der Waals surface area contributed by atoms with Crippen LogP contribution in [0, 0.1) is 0 Å². The molecule has 4 rings (SSSR count). The Labute approximate surface area is 224 Å². The molecular weight excluding hydrogens is 514 g/mol. The monoisotopic (exact) mass is 544 g/mol. The van der Waals surface area contributed by atoms with Gasteiger partial charge in [0.25, 0.3) is 0 Å². The lowest BCUT2D eigenvalue weighted by atomic mass is 10.2. The van der Waals surface area contributed by atoms with Gasteiger partial charge in [0.05, 0.1) is 19.9 Å². The highest BCUT2D eigenvalue weighted by Crippen LogP contribution is 2.35. The first-order chi connectivity index (χ1) is 18.8. The van der Waals surface area contributed by atoms with Crippen LogP contribution < -0.4 is 34.1 Å². The molecule has 39 heavy (non-hydrogen) atoms. The fourth-order valence-corrected chi connectivity index (χ4v) is 3.94. The second-order valence-electron chi connectivity index (χ2n) is 8.66. The van der Waals surface area contributed by atoms with Crippen molar-refractivity contribution in [3.05, 3.63) is 48.7 Å². The van der Waals surface area contributed by atoms with Gasteiger partial charge in [0.1, 0.15) is 11.6 Å². The maximum Gasteiger partial charge on any atom is 0.420 e. The first kappa shape index (κ1) is 27.6. The zero-order valence-electron chi connectivity index (χ0n) is 22.1. The van der Waals surface area contributed by atoms with E-state index < -0.39 is 12.7 Å². The predicted molar refractivity (Wildman–Crippen MR) is 142 cm³/mol. The van der Waals surface area contributed by atoms with Gasteiger partial charge in [-0.15, -0.1) is 0 Å². The molecule has 0 atom stereocenters. The quantitative estimate of drug-likeness (QED) is 0.421. The highest BCUT2D eigenvalue weighted by atomic mass is 19.3. The van der Waals surface area contributed by atoms with Gasteiger partial charge in [0.15, 0.2) is 17.2 Å². The number of carbonyl (C=O) groups excluding carboxylic acids is 1. The Balaban J connectivity index is 1.50. The van der Waals surface area contributed by atoms with Crippen LogP contribution in [0.15, 0.2) is 48.7 Å². The summed E-state index contributed by atoms with van der Waals surface area (Å²) in [6, 6.07) is 11.3. The van der Waals surface area contributed by atoms with E-state index in [1.165, 1.54) is 50.6 Å². The number of halogens is 2. The average Bonchev–Trinajstić information content (AvgIpc) is 2.93. The van der Waals surface area contributed by atoms with Crippen molar-refractivity contribution in [1.82, 2.24) is 14.9 Å². The third-order valence-corrected chi connectivity index (χ3v) is 6.10. The Morgan fingerprint density at radius 1 is 1.00 bits per heavy atom. The summed E-state index contributed by atoms with van der Waals surface area (Å²) in [5.41, 5.74) is 1.02. The van der Waals surface area contributed by atoms with Crippen molar-refractivity contribution in [2.75, 3.05) is 69.6 Å². The van der Waals surface area contributed by atoms with Crippen molar-refractivity contribution >= 4 is 29.2 Å². The van der Waals surface area contributed by atoms with E-state index >= 15 is 0 Å². The fraction of sp³-hybridized carbons (Fsp3) is 0.346. The van der Waals surface area contributed by atoms with E-state index in [2.05, 4.69) is 20.2 Å². The molecule has 0 bridgehead atoms. The van der Waals surface area contributed by atoms with Crippen molar-refractivity contribution in [2.45, 2.75) is 6.61 Å². The van der Waals surface area contributed by atoms with E-state index in [4.69, 9.17) is 18.9 Å². The summed E-state index contributed by atoms with van der Waals surface area (Å²) in [4.78, 5) is 26.7. The topological polar surface area (TPSA) is 102 Å². The van der Waals surface area contributed by atoms with E-state index in [0.717, 1.165) is 13.1 Å². The average molecular weight is 545 g/mol. The number of piperazine rings is 1. The summed E-state index contributed by atoms with van der Waals surface area (Å²) in [5, 5.41) is 2.98. The van der Waals surface area contributed by atoms with Crippen LogP contribution in [-0.2, 0) is 0 Å². The largest absolute Gasteiger partial charge is 0.497 e. The summed E-state index contributed by atoms with van der Waals surface area (Å²) in [5.74, 6) is 1.43. The smallest absolute Gasteiger partial charge is 0.420 e. The standard InChI is InChI=1S/C26H30F2N6O5/c1-32-11-13-34(14-12-32)19-7-5-17(15-21(19)38-24(27)28)30-25-29-10-9-23(31-25)33(2)26(35)39-22-16-18(36-3)6-8-20(22)37-4/h5-10,15-16,24H,11-14H2,1-4H3,(H,29,30,31). The molecule has 11 nitrogen and oxygen atoms in total. The van der Waals surface area contributed by atoms with E-state index in [9.17, 15) is 13.6 Å². The van der Waals surface area contributed by atoms with Gasteiger partial charge in [-0.25, -0.2) is 9.78 Å². The van der Waals surface area contributed by atoms with Crippen molar-refractivity contribution in [3.63, 3.8) is 0 Å². The molecule has 1 fully saturated rings. The van der Waals surface area contributed by atoms with Crippen LogP contribution in [0.25, 0.3) is 0 Å². The Kier molecular flexibility index (Phi) is 8.81. The minimum atomic E-state index is -2.98. The number of methoxy groups -OCH3 is 2. The molecule has 0 unspecified atom stereocenters. The van der Waals surface area contributed by atoms with Gasteiger partial charge >= 0.3 is 12.7 Å². The number of hydrogen-bond acceptors (Lipinski definition) is 10. The molecule has 13 heteroatoms. The molecule has 1 amide bonds. The molecule has 1 saturated heterocycles. The molecule has 1 aliphatic rings. The van der Waals surface area contributed by atoms with Gasteiger partial charge in [0.2, 0.25) is 5.95 Å². The molecule has 0 spiro atoms. The number of nitrogens with zero attached hydrogens (tertiary/aromatic N) is 5. The molecule has 0 aliphatic carbocycles. The highest BCUT2D eigenvalue weighted by molar-refractivity contribution is 5.88. The predicted octanol–water partition coefficient (Wildman–Crippen LogP) is 4.23. The SMILES string of the molecule is COc1ccc(OC)c(OC(=O)N(C)c2ccnc(Nc3ccc(N4CCN(C)CC4)c(OC(F)F)c3)n2)c1. The van der Waals surface area contributed by atoms with Crippen molar-refractivity contribution in [1.29, 1.82) is 0 Å². The molecule has 3 aromatic rings. The van der Waals surface area contributed by atoms with Gasteiger partial charge < -0.3 is 34.1 Å². The van der Waals surface area contributed by atoms with Gasteiger partial charge in [-0.3, -0.25) is 4.90 Å². The van der Waals surface area contributed by atoms with E-state index in [1.54, 1.807) is 24.3 Å². The Morgan fingerprint density at radius 2 is 1.77 bits per heavy atom. The van der Waals surface area contributed by atoms with Crippen molar-refractivity contribution in [3.8, 4) is 23.0 Å². The van der Waals surface area contributed by atoms with Gasteiger partial charge in [-0.05, 0) is 37.4 Å². The summed E-state index contributed by atoms with van der Waals surface area (Å²) in [7, 11) is 6.46. The molecule has 2 aromatic carbocycles. The number of hydrogen-bond donors (Lipinski definition) is 1. The van der Waals surface area contributed by atoms with Crippen LogP contribution in [0.1, 0.15) is 0 Å². The first-order valence-electron chi connectivity index (χ1n) is 12.1. The Bertz CT molecular complexity index is 1290. The number of amides is 1. The van der Waals surface area contributed by atoms with Crippen molar-refractivity contribution < 1.29 is 32.5 Å². The van der Waals surface area contributed by atoms with E-state index in [1.807, 2.05) is 11.9 Å². The van der Waals surface area contributed by atoms with Gasteiger partial charge in [0, 0.05) is 57.2 Å². The second-order valence-corrected chi connectivity index (χ2v) is 8.66. The zero-order chi connectivity index (χ0) is 27.9. The lowest BCUT2D eigenvalue weighted by molar-refractivity contribution is -0.0495. The maximum absolute atomic E-state index is 13.2. The van der Waals surface area contributed by atoms with E-state index in [-0.39, 0.29) is 23.3 Å². The lowest BCUT2D eigenvalue weighted by Crippen LogP contribution is -2.44. The second kappa shape index (κ2) is 12.4. The molecule has 1 aliphatic heterocycles. The zero-order valence-corrected chi connectivity index (χ0v) is 22.1. The fourth-order valence-electron chi connectivity index (χ4n) is 3.94. The van der Waals surface area contributed by atoms with Crippen LogP contribution in [0.3, 0.4) is 0 Å². The lowest BCUT2D eigenvalue weighted by Gasteiger charge is -2.34. The minimum absolute atomic E-state index is 0.0450. The van der Waals surface area contributed by atoms with Gasteiger partial charge in [-0.2, -0.15) is 13.8 Å². The maximum atomic E-state index is 13.2. The summed E-state index contributed by atoms with van der Waals surface area (Å²) in [6.07, 6.45) is 0.728. The van der Waals surface area contributed by atoms with Gasteiger partial charge in [-0.1, -0.05) is 0 Å². The van der Waals surface area contributed by atoms with E-state index in [0.29, 0.717) is 36.0 Å². The van der Waals surface area contributed by atoms with Crippen LogP contribution in [0.2, 0.25) is 0 Å². The number of aromatic nitrogens is 2. The first-order valence-corrected chi connectivity index (χ1v) is 12.1.